The molecule has 0 bridgehead atoms. The molecule has 1 N–H and O–H groups in total. The number of fused-ring (bicyclic) bond motifs is 1. The monoisotopic (exact) mass is 584 g/mol. The predicted octanol–water partition coefficient (Wildman–Crippen LogP) is 5.88. The number of rotatable bonds is 9. The first-order chi connectivity index (χ1) is 20.9. The van der Waals surface area contributed by atoms with E-state index in [1.807, 2.05) is 19.1 Å². The second kappa shape index (κ2) is 12.7. The maximum absolute atomic E-state index is 11.7. The maximum Gasteiger partial charge on any atom is 0.342 e. The molecule has 2 aromatic heterocycles. The summed E-state index contributed by atoms with van der Waals surface area (Å²) >= 11 is 0. The van der Waals surface area contributed by atoms with Crippen molar-refractivity contribution in [2.75, 3.05) is 26.4 Å². The molecule has 0 unspecified atom stereocenters. The average Bonchev–Trinajstić information content (AvgIpc) is 3.45. The Morgan fingerprint density at radius 2 is 1.98 bits per heavy atom. The van der Waals surface area contributed by atoms with Crippen LogP contribution in [0.5, 0.6) is 5.88 Å². The Balaban J connectivity index is 1.21. The number of hydrogen-bond donors (Lipinski definition) is 1. The van der Waals surface area contributed by atoms with Crippen molar-refractivity contribution in [3.8, 4) is 11.7 Å². The molecule has 1 aromatic carbocycles. The van der Waals surface area contributed by atoms with Crippen molar-refractivity contribution in [3.63, 3.8) is 0 Å². The number of hydrogen-bond acceptors (Lipinski definition) is 7. The summed E-state index contributed by atoms with van der Waals surface area (Å²) in [6, 6.07) is 10.9. The van der Waals surface area contributed by atoms with Crippen LogP contribution in [0.4, 0.5) is 0 Å². The van der Waals surface area contributed by atoms with Crippen LogP contribution in [0.3, 0.4) is 0 Å². The van der Waals surface area contributed by atoms with Gasteiger partial charge in [0.15, 0.2) is 5.82 Å². The number of carboxylic acids is 1. The van der Waals surface area contributed by atoms with Gasteiger partial charge in [-0.2, -0.15) is 9.78 Å². The van der Waals surface area contributed by atoms with Crippen LogP contribution in [-0.2, 0) is 29.0 Å². The molecule has 0 spiro atoms. The Bertz CT molecular complexity index is 1570. The predicted molar refractivity (Wildman–Crippen MR) is 163 cm³/mol. The molecule has 9 heteroatoms. The number of carboxylic acid groups (broad SMARTS) is 1. The molecule has 43 heavy (non-hydrogen) atoms. The van der Waals surface area contributed by atoms with E-state index in [1.165, 1.54) is 38.7 Å². The fourth-order valence-corrected chi connectivity index (χ4v) is 6.47. The van der Waals surface area contributed by atoms with Crippen molar-refractivity contribution in [1.82, 2.24) is 19.7 Å². The lowest BCUT2D eigenvalue weighted by Crippen LogP contribution is -2.42. The Labute approximate surface area is 252 Å². The Kier molecular flexibility index (Phi) is 8.63. The molecule has 4 heterocycles. The highest BCUT2D eigenvalue weighted by Crippen LogP contribution is 2.35. The fourth-order valence-electron chi connectivity index (χ4n) is 6.47. The molecule has 3 aromatic rings. The van der Waals surface area contributed by atoms with Gasteiger partial charge in [0.2, 0.25) is 5.88 Å². The van der Waals surface area contributed by atoms with Crippen molar-refractivity contribution in [3.05, 3.63) is 87.4 Å². The second-order valence-electron chi connectivity index (χ2n) is 11.6. The van der Waals surface area contributed by atoms with Gasteiger partial charge in [-0.1, -0.05) is 24.3 Å². The summed E-state index contributed by atoms with van der Waals surface area (Å²) in [4.78, 5) is 19.2. The van der Waals surface area contributed by atoms with Gasteiger partial charge in [0.25, 0.3) is 0 Å². The number of nitrogens with zero attached hydrogens (tertiary/aromatic N) is 4. The van der Waals surface area contributed by atoms with Crippen LogP contribution in [0, 0.1) is 6.92 Å². The second-order valence-corrected chi connectivity index (χ2v) is 11.6. The average molecular weight is 585 g/mol. The minimum atomic E-state index is -1.09. The van der Waals surface area contributed by atoms with Gasteiger partial charge >= 0.3 is 5.97 Å². The molecule has 226 valence electrons. The van der Waals surface area contributed by atoms with E-state index < -0.39 is 5.97 Å². The molecule has 0 saturated carbocycles. The summed E-state index contributed by atoms with van der Waals surface area (Å²) in [5, 5.41) is 13.9. The van der Waals surface area contributed by atoms with Crippen molar-refractivity contribution >= 4 is 11.5 Å². The largest absolute Gasteiger partial charge is 0.488 e. The summed E-state index contributed by atoms with van der Waals surface area (Å²) in [6.45, 7) is 10.8. The summed E-state index contributed by atoms with van der Waals surface area (Å²) in [7, 11) is 0. The number of aromatic nitrogens is 3. The van der Waals surface area contributed by atoms with Gasteiger partial charge in [-0.3, -0.25) is 4.90 Å². The molecule has 2 aliphatic heterocycles. The Hall–Kier alpha value is -3.95. The van der Waals surface area contributed by atoms with Crippen molar-refractivity contribution in [2.45, 2.75) is 72.1 Å². The molecule has 6 rings (SSSR count). The van der Waals surface area contributed by atoms with Gasteiger partial charge in [0.05, 0.1) is 18.5 Å². The first kappa shape index (κ1) is 29.1. The molecule has 0 radical (unpaired) electrons. The SMILES string of the molecule is CCOc1c(C(=O)O)cnn1-c1cccc(C2=CCCC(C)=C2OCc2cc(C)c3c(c2)CCN(C2CCOCC2)C3)n1. The van der Waals surface area contributed by atoms with E-state index in [0.717, 1.165) is 75.4 Å². The molecule has 1 saturated heterocycles. The standard InChI is InChI=1S/C34H40N4O5/c1-4-42-33-28(34(39)40)19-35-38(33)31-10-6-9-30(36-31)27-8-5-7-22(2)32(27)43-21-24-17-23(3)29-20-37(14-11-25(29)18-24)26-12-15-41-16-13-26/h6,8-10,17-19,26H,4-5,7,11-16,20-21H2,1-3H3,(H,39,40). The smallest absolute Gasteiger partial charge is 0.342 e. The van der Waals surface area contributed by atoms with E-state index in [9.17, 15) is 9.90 Å². The highest BCUT2D eigenvalue weighted by atomic mass is 16.5. The number of allylic oxidation sites excluding steroid dienone is 3. The molecule has 1 fully saturated rings. The lowest BCUT2D eigenvalue weighted by Gasteiger charge is -2.38. The number of aromatic carboxylic acids is 1. The summed E-state index contributed by atoms with van der Waals surface area (Å²) in [6.07, 6.45) is 8.61. The van der Waals surface area contributed by atoms with Gasteiger partial charge in [-0.05, 0) is 92.8 Å². The van der Waals surface area contributed by atoms with Gasteiger partial charge in [-0.15, -0.1) is 0 Å². The first-order valence-electron chi connectivity index (χ1n) is 15.3. The minimum Gasteiger partial charge on any atom is -0.488 e. The Morgan fingerprint density at radius 1 is 1.14 bits per heavy atom. The number of carbonyl (C=O) groups is 1. The van der Waals surface area contributed by atoms with Crippen molar-refractivity contribution < 1.29 is 24.1 Å². The zero-order valence-corrected chi connectivity index (χ0v) is 25.3. The number of benzene rings is 1. The molecular weight excluding hydrogens is 544 g/mol. The minimum absolute atomic E-state index is 0.00216. The molecule has 1 aliphatic carbocycles. The highest BCUT2D eigenvalue weighted by Gasteiger charge is 2.27. The van der Waals surface area contributed by atoms with E-state index >= 15 is 0 Å². The van der Waals surface area contributed by atoms with Gasteiger partial charge in [0, 0.05) is 37.9 Å². The maximum atomic E-state index is 11.7. The van der Waals surface area contributed by atoms with Crippen molar-refractivity contribution in [2.24, 2.45) is 0 Å². The van der Waals surface area contributed by atoms with Gasteiger partial charge in [-0.25, -0.2) is 9.78 Å². The van der Waals surface area contributed by atoms with Crippen molar-refractivity contribution in [1.29, 1.82) is 0 Å². The topological polar surface area (TPSA) is 98.9 Å². The van der Waals surface area contributed by atoms with Crippen LogP contribution in [0.2, 0.25) is 0 Å². The third-order valence-corrected chi connectivity index (χ3v) is 8.71. The molecule has 0 atom stereocenters. The molecule has 0 amide bonds. The van der Waals surface area contributed by atoms with Crippen LogP contribution in [0.15, 0.2) is 53.9 Å². The quantitative estimate of drug-likeness (QED) is 0.333. The third kappa shape index (κ3) is 6.10. The van der Waals surface area contributed by atoms with Crippen LogP contribution in [0.1, 0.15) is 77.8 Å². The lowest BCUT2D eigenvalue weighted by atomic mass is 9.91. The molecular formula is C34H40N4O5. The number of aryl methyl sites for hydroxylation is 1. The Morgan fingerprint density at radius 3 is 2.77 bits per heavy atom. The van der Waals surface area contributed by atoms with E-state index in [4.69, 9.17) is 19.2 Å². The third-order valence-electron chi connectivity index (χ3n) is 8.71. The number of pyridine rings is 1. The molecule has 3 aliphatic rings. The zero-order valence-electron chi connectivity index (χ0n) is 25.3. The zero-order chi connectivity index (χ0) is 29.9. The van der Waals surface area contributed by atoms with Crippen LogP contribution < -0.4 is 4.74 Å². The van der Waals surface area contributed by atoms with Crippen LogP contribution in [0.25, 0.3) is 11.4 Å². The van der Waals surface area contributed by atoms with Gasteiger partial charge < -0.3 is 19.3 Å². The normalized spacial score (nSPS) is 17.9. The van der Waals surface area contributed by atoms with E-state index in [2.05, 4.69) is 42.1 Å². The lowest BCUT2D eigenvalue weighted by molar-refractivity contribution is 0.0289. The van der Waals surface area contributed by atoms with E-state index in [0.29, 0.717) is 25.1 Å². The summed E-state index contributed by atoms with van der Waals surface area (Å²) < 4.78 is 19.2. The van der Waals surface area contributed by atoms with Crippen LogP contribution in [-0.4, -0.2) is 63.1 Å². The molecule has 9 nitrogen and oxygen atoms in total. The summed E-state index contributed by atoms with van der Waals surface area (Å²) in [5.41, 5.74) is 8.29. The fraction of sp³-hybridized carbons (Fsp3) is 0.441. The summed E-state index contributed by atoms with van der Waals surface area (Å²) in [5.74, 6) is 0.411. The first-order valence-corrected chi connectivity index (χ1v) is 15.3. The highest BCUT2D eigenvalue weighted by molar-refractivity contribution is 5.90. The van der Waals surface area contributed by atoms with E-state index in [1.54, 1.807) is 6.07 Å². The van der Waals surface area contributed by atoms with Crippen LogP contribution >= 0.6 is 0 Å². The van der Waals surface area contributed by atoms with Gasteiger partial charge in [0.1, 0.15) is 17.9 Å². The number of ether oxygens (including phenoxy) is 3. The van der Waals surface area contributed by atoms with E-state index in [-0.39, 0.29) is 11.4 Å².